The molecule has 3 N–H and O–H groups in total. The van der Waals surface area contributed by atoms with Gasteiger partial charge >= 0.3 is 0 Å². The lowest BCUT2D eigenvalue weighted by molar-refractivity contribution is 0.245. The van der Waals surface area contributed by atoms with Crippen molar-refractivity contribution in [1.82, 2.24) is 19.5 Å². The Morgan fingerprint density at radius 2 is 1.80 bits per heavy atom. The summed E-state index contributed by atoms with van der Waals surface area (Å²) in [6.45, 7) is 4.82. The number of imidazole rings is 1. The molecule has 0 bridgehead atoms. The van der Waals surface area contributed by atoms with E-state index in [2.05, 4.69) is 15.2 Å². The molecule has 2 aliphatic rings. The van der Waals surface area contributed by atoms with Gasteiger partial charge in [-0.2, -0.15) is 4.98 Å². The number of para-hydroxylation sites is 1. The maximum absolute atomic E-state index is 6.14. The van der Waals surface area contributed by atoms with Crippen LogP contribution in [0.15, 0.2) is 42.9 Å². The highest BCUT2D eigenvalue weighted by Gasteiger charge is 2.47. The lowest BCUT2D eigenvalue weighted by Gasteiger charge is -2.25. The van der Waals surface area contributed by atoms with E-state index in [0.717, 1.165) is 36.0 Å². The van der Waals surface area contributed by atoms with Gasteiger partial charge in [0.1, 0.15) is 41.6 Å². The summed E-state index contributed by atoms with van der Waals surface area (Å²) in [5.74, 6) is 4.15. The highest BCUT2D eigenvalue weighted by atomic mass is 16.6. The van der Waals surface area contributed by atoms with Crippen molar-refractivity contribution in [3.8, 4) is 28.7 Å². The third kappa shape index (κ3) is 5.16. The van der Waals surface area contributed by atoms with Crippen LogP contribution in [0.4, 0.5) is 17.6 Å². The second-order valence-electron chi connectivity index (χ2n) is 10.3. The van der Waals surface area contributed by atoms with Crippen LogP contribution in [0.25, 0.3) is 16.6 Å². The van der Waals surface area contributed by atoms with Crippen molar-refractivity contribution >= 4 is 28.5 Å². The summed E-state index contributed by atoms with van der Waals surface area (Å²) in [4.78, 5) is 16.8. The number of hydrogen-bond donors (Lipinski definition) is 2. The lowest BCUT2D eigenvalue weighted by Crippen LogP contribution is -2.36. The Bertz CT molecular complexity index is 1530. The molecular weight excluding hydrogens is 526 g/mol. The Labute approximate surface area is 238 Å². The summed E-state index contributed by atoms with van der Waals surface area (Å²) in [6.07, 6.45) is 5.32. The highest BCUT2D eigenvalue weighted by molar-refractivity contribution is 5.95. The SMILES string of the molecule is COc1cc(-n2cnc(Nc3nc(N4CCC[C@H]4C4OC4N)nc4c(OC(C)C)cccc34)c2)cc(OC)c1OC. The van der Waals surface area contributed by atoms with Crippen molar-refractivity contribution in [3.05, 3.63) is 42.9 Å². The van der Waals surface area contributed by atoms with Crippen LogP contribution in [0, 0.1) is 0 Å². The molecule has 216 valence electrons. The molecule has 2 saturated heterocycles. The Morgan fingerprint density at radius 1 is 1.05 bits per heavy atom. The minimum absolute atomic E-state index is 0.00968. The van der Waals surface area contributed by atoms with Crippen LogP contribution in [0.1, 0.15) is 26.7 Å². The summed E-state index contributed by atoms with van der Waals surface area (Å²) < 4.78 is 30.2. The van der Waals surface area contributed by atoms with Crippen LogP contribution >= 0.6 is 0 Å². The van der Waals surface area contributed by atoms with Crippen molar-refractivity contribution < 1.29 is 23.7 Å². The fourth-order valence-electron chi connectivity index (χ4n) is 5.38. The first-order valence-electron chi connectivity index (χ1n) is 13.7. The van der Waals surface area contributed by atoms with E-state index in [4.69, 9.17) is 39.4 Å². The smallest absolute Gasteiger partial charge is 0.228 e. The summed E-state index contributed by atoms with van der Waals surface area (Å²) in [6, 6.07) is 9.71. The van der Waals surface area contributed by atoms with Gasteiger partial charge in [-0.15, -0.1) is 0 Å². The molecule has 2 aromatic carbocycles. The monoisotopic (exact) mass is 561 g/mol. The number of ether oxygens (including phenoxy) is 5. The highest BCUT2D eigenvalue weighted by Crippen LogP contribution is 2.40. The molecule has 0 aliphatic carbocycles. The van der Waals surface area contributed by atoms with Crippen molar-refractivity contribution in [2.45, 2.75) is 51.2 Å². The number of epoxide rings is 1. The first-order valence-corrected chi connectivity index (χ1v) is 13.7. The Balaban J connectivity index is 1.39. The van der Waals surface area contributed by atoms with Crippen LogP contribution in [0.3, 0.4) is 0 Å². The molecule has 2 unspecified atom stereocenters. The maximum Gasteiger partial charge on any atom is 0.228 e. The van der Waals surface area contributed by atoms with Gasteiger partial charge in [-0.25, -0.2) is 9.97 Å². The summed E-state index contributed by atoms with van der Waals surface area (Å²) in [5.41, 5.74) is 7.56. The molecule has 4 aromatic rings. The number of anilines is 3. The molecule has 4 heterocycles. The quantitative estimate of drug-likeness (QED) is 0.272. The van der Waals surface area contributed by atoms with Crippen molar-refractivity contribution in [1.29, 1.82) is 0 Å². The normalized spacial score (nSPS) is 20.0. The number of nitrogens with one attached hydrogen (secondary N) is 1. The zero-order valence-corrected chi connectivity index (χ0v) is 23.8. The van der Waals surface area contributed by atoms with E-state index in [1.165, 1.54) is 0 Å². The Morgan fingerprint density at radius 3 is 2.46 bits per heavy atom. The van der Waals surface area contributed by atoms with E-state index in [-0.39, 0.29) is 24.5 Å². The number of nitrogens with zero attached hydrogens (tertiary/aromatic N) is 5. The fourth-order valence-corrected chi connectivity index (χ4v) is 5.38. The molecule has 0 saturated carbocycles. The van der Waals surface area contributed by atoms with Crippen LogP contribution < -0.4 is 34.9 Å². The molecule has 12 nitrogen and oxygen atoms in total. The lowest BCUT2D eigenvalue weighted by atomic mass is 10.1. The van der Waals surface area contributed by atoms with Crippen molar-refractivity contribution in [2.75, 3.05) is 38.1 Å². The average molecular weight is 562 g/mol. The predicted molar refractivity (Wildman–Crippen MR) is 155 cm³/mol. The van der Waals surface area contributed by atoms with Gasteiger partial charge in [0.15, 0.2) is 11.5 Å². The van der Waals surface area contributed by atoms with Gasteiger partial charge in [-0.3, -0.25) is 0 Å². The second kappa shape index (κ2) is 10.9. The molecule has 0 amide bonds. The summed E-state index contributed by atoms with van der Waals surface area (Å²) in [5, 5.41) is 4.24. The van der Waals surface area contributed by atoms with E-state index in [9.17, 15) is 0 Å². The van der Waals surface area contributed by atoms with E-state index in [1.54, 1.807) is 27.7 Å². The van der Waals surface area contributed by atoms with Crippen molar-refractivity contribution in [3.63, 3.8) is 0 Å². The van der Waals surface area contributed by atoms with Gasteiger partial charge in [0.2, 0.25) is 11.7 Å². The molecule has 2 aromatic heterocycles. The molecule has 12 heteroatoms. The van der Waals surface area contributed by atoms with Crippen LogP contribution in [-0.2, 0) is 4.74 Å². The molecule has 2 fully saturated rings. The largest absolute Gasteiger partial charge is 0.493 e. The number of aromatic nitrogens is 4. The first-order chi connectivity index (χ1) is 19.9. The minimum atomic E-state index is -0.238. The van der Waals surface area contributed by atoms with Gasteiger partial charge in [-0.1, -0.05) is 6.07 Å². The predicted octanol–water partition coefficient (Wildman–Crippen LogP) is 4.02. The standard InChI is InChI=1S/C29H35N7O5/c1-16(2)40-20-10-6-8-18-24(20)33-29(36-11-7-9-19(36)25-27(30)41-25)34-28(18)32-23-14-35(15-31-23)17-12-21(37-3)26(39-5)22(13-17)38-4/h6,8,10,12-16,19,25,27H,7,9,11,30H2,1-5H3,(H,32,33,34)/t19-,25?,27?/m0/s1. The van der Waals surface area contributed by atoms with Crippen LogP contribution in [0.5, 0.6) is 23.0 Å². The van der Waals surface area contributed by atoms with Crippen molar-refractivity contribution in [2.24, 2.45) is 5.73 Å². The van der Waals surface area contributed by atoms with E-state index in [1.807, 2.05) is 54.9 Å². The number of hydrogen-bond acceptors (Lipinski definition) is 11. The van der Waals surface area contributed by atoms with Crippen LogP contribution in [0.2, 0.25) is 0 Å². The van der Waals surface area contributed by atoms with E-state index < -0.39 is 0 Å². The van der Waals surface area contributed by atoms with E-state index in [0.29, 0.717) is 40.6 Å². The second-order valence-corrected chi connectivity index (χ2v) is 10.3. The molecule has 6 rings (SSSR count). The number of rotatable bonds is 10. The fraction of sp³-hybridized carbons (Fsp3) is 0.414. The van der Waals surface area contributed by atoms with Gasteiger partial charge < -0.3 is 44.2 Å². The van der Waals surface area contributed by atoms with Gasteiger partial charge in [0.25, 0.3) is 0 Å². The third-order valence-electron chi connectivity index (χ3n) is 7.31. The average Bonchev–Trinajstić information content (AvgIpc) is 3.31. The molecular formula is C29H35N7O5. The minimum Gasteiger partial charge on any atom is -0.493 e. The van der Waals surface area contributed by atoms with Gasteiger partial charge in [0.05, 0.1) is 45.4 Å². The molecule has 41 heavy (non-hydrogen) atoms. The number of fused-ring (bicyclic) bond motifs is 1. The molecule has 0 radical (unpaired) electrons. The number of nitrogens with two attached hydrogens (primary N) is 1. The topological polar surface area (TPSA) is 134 Å². The van der Waals surface area contributed by atoms with E-state index >= 15 is 0 Å². The molecule has 2 aliphatic heterocycles. The van der Waals surface area contributed by atoms with Gasteiger partial charge in [-0.05, 0) is 38.8 Å². The zero-order chi connectivity index (χ0) is 28.7. The Hall–Kier alpha value is -4.29. The number of methoxy groups -OCH3 is 3. The molecule has 3 atom stereocenters. The molecule has 0 spiro atoms. The zero-order valence-electron chi connectivity index (χ0n) is 23.8. The number of benzene rings is 2. The summed E-state index contributed by atoms with van der Waals surface area (Å²) in [7, 11) is 4.75. The summed E-state index contributed by atoms with van der Waals surface area (Å²) >= 11 is 0. The van der Waals surface area contributed by atoms with Gasteiger partial charge in [0, 0.05) is 24.1 Å². The maximum atomic E-state index is 6.14. The Kier molecular flexibility index (Phi) is 7.18. The van der Waals surface area contributed by atoms with Crippen LogP contribution in [-0.4, -0.2) is 71.9 Å². The third-order valence-corrected chi connectivity index (χ3v) is 7.31. The first kappa shape index (κ1) is 26.9.